The van der Waals surface area contributed by atoms with Crippen molar-refractivity contribution in [2.24, 2.45) is 0 Å². The number of fused-ring (bicyclic) bond motifs is 3. The zero-order chi connectivity index (χ0) is 22.1. The van der Waals surface area contributed by atoms with Gasteiger partial charge >= 0.3 is 0 Å². The van der Waals surface area contributed by atoms with Crippen LogP contribution in [0.2, 0.25) is 12.1 Å². The van der Waals surface area contributed by atoms with Crippen molar-refractivity contribution in [1.29, 1.82) is 0 Å². The van der Waals surface area contributed by atoms with Gasteiger partial charge in [-0.05, 0) is 47.4 Å². The number of aryl methyl sites for hydroxylation is 1. The molecule has 0 saturated carbocycles. The van der Waals surface area contributed by atoms with Gasteiger partial charge in [-0.2, -0.15) is 0 Å². The summed E-state index contributed by atoms with van der Waals surface area (Å²) in [6.07, 6.45) is 20.0. The van der Waals surface area contributed by atoms with Gasteiger partial charge in [0.2, 0.25) is 0 Å². The first-order valence-electron chi connectivity index (χ1n) is 13.1. The molecule has 0 aromatic carbocycles. The Hall–Kier alpha value is -0.643. The van der Waals surface area contributed by atoms with Gasteiger partial charge in [0.1, 0.15) is 8.07 Å². The monoisotopic (exact) mass is 472 g/mol. The van der Waals surface area contributed by atoms with E-state index in [1.807, 2.05) is 16.5 Å². The molecule has 0 N–H and O–H groups in total. The molecule has 0 saturated heterocycles. The Balaban J connectivity index is 1.92. The Bertz CT molecular complexity index is 801. The van der Waals surface area contributed by atoms with Crippen molar-refractivity contribution in [3.63, 3.8) is 0 Å². The summed E-state index contributed by atoms with van der Waals surface area (Å²) in [6.45, 7) is 11.1. The average Bonchev–Trinajstić information content (AvgIpc) is 3.45. The predicted molar refractivity (Wildman–Crippen MR) is 148 cm³/mol. The smallest absolute Gasteiger partial charge is 0.122 e. The highest BCUT2D eigenvalue weighted by atomic mass is 32.1. The van der Waals surface area contributed by atoms with Crippen LogP contribution in [0, 0.1) is 0 Å². The molecule has 172 valence electrons. The summed E-state index contributed by atoms with van der Waals surface area (Å²) in [7, 11) is -1.63. The van der Waals surface area contributed by atoms with E-state index in [-0.39, 0.29) is 0 Å². The summed E-state index contributed by atoms with van der Waals surface area (Å²) in [5.41, 5.74) is 0. The van der Waals surface area contributed by atoms with Gasteiger partial charge in [0, 0.05) is 19.5 Å². The SMILES string of the molecule is C=Cc1cc2c(s1)-c1sc(CCCCCC)cc1[Si]2(CCCCCC)CCCCCC. The maximum atomic E-state index is 4.11. The van der Waals surface area contributed by atoms with Crippen LogP contribution in [0.5, 0.6) is 0 Å². The van der Waals surface area contributed by atoms with Crippen LogP contribution < -0.4 is 10.4 Å². The molecular weight excluding hydrogens is 429 g/mol. The van der Waals surface area contributed by atoms with Gasteiger partial charge in [0.25, 0.3) is 0 Å². The highest BCUT2D eigenvalue weighted by molar-refractivity contribution is 7.29. The first-order valence-corrected chi connectivity index (χ1v) is 17.1. The third kappa shape index (κ3) is 5.84. The molecule has 3 heterocycles. The maximum Gasteiger partial charge on any atom is 0.122 e. The normalized spacial score (nSPS) is 14.0. The van der Waals surface area contributed by atoms with Gasteiger partial charge in [-0.25, -0.2) is 0 Å². The molecule has 0 amide bonds. The molecule has 0 aliphatic carbocycles. The molecule has 3 heteroatoms. The third-order valence-electron chi connectivity index (χ3n) is 7.16. The van der Waals surface area contributed by atoms with E-state index in [9.17, 15) is 0 Å². The zero-order valence-electron chi connectivity index (χ0n) is 20.4. The Labute approximate surface area is 201 Å². The van der Waals surface area contributed by atoms with E-state index in [1.165, 1.54) is 100 Å². The Morgan fingerprint density at radius 1 is 0.710 bits per heavy atom. The number of hydrogen-bond acceptors (Lipinski definition) is 2. The molecule has 0 atom stereocenters. The highest BCUT2D eigenvalue weighted by Crippen LogP contribution is 2.43. The standard InChI is InChI=1S/C28H44S2Si/c1-5-9-12-15-18-24-22-26-28(30-24)27-25(21-23(8-4)29-27)31(26,19-16-13-10-6-2)20-17-14-11-7-3/h8,21-22H,4-7,9-20H2,1-3H3. The van der Waals surface area contributed by atoms with Crippen molar-refractivity contribution in [3.05, 3.63) is 28.5 Å². The highest BCUT2D eigenvalue weighted by Gasteiger charge is 2.47. The lowest BCUT2D eigenvalue weighted by atomic mass is 10.1. The summed E-state index contributed by atoms with van der Waals surface area (Å²) < 4.78 is 0. The van der Waals surface area contributed by atoms with E-state index in [4.69, 9.17) is 0 Å². The lowest BCUT2D eigenvalue weighted by molar-refractivity contribution is 0.670. The van der Waals surface area contributed by atoms with E-state index in [2.05, 4.69) is 56.9 Å². The second-order valence-electron chi connectivity index (χ2n) is 9.57. The van der Waals surface area contributed by atoms with Crippen molar-refractivity contribution in [2.75, 3.05) is 0 Å². The first-order chi connectivity index (χ1) is 15.2. The Morgan fingerprint density at radius 2 is 1.26 bits per heavy atom. The zero-order valence-corrected chi connectivity index (χ0v) is 23.0. The number of hydrogen-bond donors (Lipinski definition) is 0. The van der Waals surface area contributed by atoms with Crippen molar-refractivity contribution >= 4 is 47.2 Å². The quantitative estimate of drug-likeness (QED) is 0.169. The Morgan fingerprint density at radius 3 is 1.84 bits per heavy atom. The molecule has 31 heavy (non-hydrogen) atoms. The number of unbranched alkanes of at least 4 members (excludes halogenated alkanes) is 9. The van der Waals surface area contributed by atoms with Crippen molar-refractivity contribution in [1.82, 2.24) is 0 Å². The molecule has 0 radical (unpaired) electrons. The van der Waals surface area contributed by atoms with Crippen LogP contribution in [0.3, 0.4) is 0 Å². The van der Waals surface area contributed by atoms with Gasteiger partial charge in [-0.3, -0.25) is 0 Å². The fraction of sp³-hybridized carbons (Fsp3) is 0.643. The maximum absolute atomic E-state index is 4.11. The van der Waals surface area contributed by atoms with Crippen molar-refractivity contribution in [3.8, 4) is 9.75 Å². The van der Waals surface area contributed by atoms with E-state index in [1.54, 1.807) is 19.8 Å². The minimum absolute atomic E-state index is 1.29. The van der Waals surface area contributed by atoms with E-state index >= 15 is 0 Å². The van der Waals surface area contributed by atoms with Crippen LogP contribution in [-0.2, 0) is 6.42 Å². The summed E-state index contributed by atoms with van der Waals surface area (Å²) in [4.78, 5) is 6.38. The second-order valence-corrected chi connectivity index (χ2v) is 16.0. The van der Waals surface area contributed by atoms with E-state index < -0.39 is 8.07 Å². The summed E-state index contributed by atoms with van der Waals surface area (Å²) in [5, 5.41) is 3.63. The van der Waals surface area contributed by atoms with Gasteiger partial charge in [-0.1, -0.05) is 104 Å². The fourth-order valence-electron chi connectivity index (χ4n) is 5.37. The molecule has 2 aromatic rings. The lowest BCUT2D eigenvalue weighted by Crippen LogP contribution is -2.54. The summed E-state index contributed by atoms with van der Waals surface area (Å²) >= 11 is 4.17. The van der Waals surface area contributed by atoms with Gasteiger partial charge in [0.15, 0.2) is 0 Å². The number of thiophene rings is 2. The van der Waals surface area contributed by atoms with Crippen molar-refractivity contribution in [2.45, 2.75) is 116 Å². The molecule has 0 unspecified atom stereocenters. The average molecular weight is 473 g/mol. The third-order valence-corrected chi connectivity index (χ3v) is 15.3. The van der Waals surface area contributed by atoms with Crippen LogP contribution in [0.25, 0.3) is 15.8 Å². The van der Waals surface area contributed by atoms with Crippen LogP contribution in [0.15, 0.2) is 18.7 Å². The second kappa shape index (κ2) is 12.6. The van der Waals surface area contributed by atoms with Crippen molar-refractivity contribution < 1.29 is 0 Å². The molecule has 0 nitrogen and oxygen atoms in total. The Kier molecular flexibility index (Phi) is 10.1. The molecule has 0 spiro atoms. The van der Waals surface area contributed by atoms with Crippen LogP contribution in [0.4, 0.5) is 0 Å². The summed E-state index contributed by atoms with van der Waals surface area (Å²) in [5.74, 6) is 0. The molecular formula is C28H44S2Si. The molecule has 1 aliphatic heterocycles. The van der Waals surface area contributed by atoms with E-state index in [0.29, 0.717) is 0 Å². The fourth-order valence-corrected chi connectivity index (χ4v) is 14.7. The molecule has 0 bridgehead atoms. The van der Waals surface area contributed by atoms with Crippen LogP contribution in [-0.4, -0.2) is 8.07 Å². The predicted octanol–water partition coefficient (Wildman–Crippen LogP) is 9.28. The van der Waals surface area contributed by atoms with E-state index in [0.717, 1.165) is 0 Å². The van der Waals surface area contributed by atoms with Gasteiger partial charge in [-0.15, -0.1) is 22.7 Å². The minimum atomic E-state index is -1.63. The molecule has 1 aliphatic rings. The topological polar surface area (TPSA) is 0 Å². The molecule has 2 aromatic heterocycles. The first kappa shape index (κ1) is 25.0. The van der Waals surface area contributed by atoms with Crippen LogP contribution >= 0.6 is 22.7 Å². The molecule has 3 rings (SSSR count). The summed E-state index contributed by atoms with van der Waals surface area (Å²) in [6, 6.07) is 8.21. The minimum Gasteiger partial charge on any atom is -0.140 e. The van der Waals surface area contributed by atoms with Crippen LogP contribution in [0.1, 0.15) is 108 Å². The largest absolute Gasteiger partial charge is 0.140 e. The lowest BCUT2D eigenvalue weighted by Gasteiger charge is -2.29. The number of rotatable bonds is 16. The van der Waals surface area contributed by atoms with Gasteiger partial charge in [0.05, 0.1) is 0 Å². The molecule has 0 fully saturated rings. The van der Waals surface area contributed by atoms with Gasteiger partial charge < -0.3 is 0 Å².